The van der Waals surface area contributed by atoms with E-state index in [9.17, 15) is 4.79 Å². The smallest absolute Gasteiger partial charge is 0.201 e. The summed E-state index contributed by atoms with van der Waals surface area (Å²) < 4.78 is 5.58. The first-order chi connectivity index (χ1) is 11.2. The van der Waals surface area contributed by atoms with Gasteiger partial charge >= 0.3 is 0 Å². The van der Waals surface area contributed by atoms with Crippen molar-refractivity contribution < 1.29 is 14.4 Å². The number of rotatable bonds is 3. The van der Waals surface area contributed by atoms with Gasteiger partial charge in [-0.3, -0.25) is 4.79 Å². The molecule has 1 saturated heterocycles. The van der Waals surface area contributed by atoms with Crippen molar-refractivity contribution in [2.45, 2.75) is 31.8 Å². The number of quaternary nitrogens is 1. The molecule has 1 aliphatic carbocycles. The molecule has 1 aromatic carbocycles. The van der Waals surface area contributed by atoms with Crippen LogP contribution in [0.5, 0.6) is 0 Å². The Kier molecular flexibility index (Phi) is 3.70. The molecule has 2 heterocycles. The highest BCUT2D eigenvalue weighted by Gasteiger charge is 2.62. The first-order valence-corrected chi connectivity index (χ1v) is 8.61. The predicted molar refractivity (Wildman–Crippen MR) is 88.6 cm³/mol. The lowest BCUT2D eigenvalue weighted by Crippen LogP contribution is -3.24. The minimum atomic E-state index is -0.105. The van der Waals surface area contributed by atoms with Crippen LogP contribution in [0.15, 0.2) is 35.4 Å². The Morgan fingerprint density at radius 1 is 1.30 bits per heavy atom. The number of hydrogen-bond acceptors (Lipinski definition) is 4. The first kappa shape index (κ1) is 14.8. The molecule has 3 aliphatic rings. The van der Waals surface area contributed by atoms with E-state index in [1.807, 2.05) is 18.2 Å². The van der Waals surface area contributed by atoms with E-state index in [-0.39, 0.29) is 17.4 Å². The Bertz CT molecular complexity index is 624. The summed E-state index contributed by atoms with van der Waals surface area (Å²) in [5, 5.41) is 7.00. The standard InChI is InChI=1S/C18H23N3O2/c1-14(22)17-16-8-5-9-18(16,20-10-12-23-13-11-20)21(19-17)15-6-3-2-4-7-15/h2-4,6-7,16H,5,8-13H2,1H3/p+1/t16-,18-/m1/s1. The number of ketones is 1. The fourth-order valence-corrected chi connectivity index (χ4v) is 4.67. The van der Waals surface area contributed by atoms with Crippen molar-refractivity contribution in [3.8, 4) is 0 Å². The van der Waals surface area contributed by atoms with Gasteiger partial charge in [0, 0.05) is 13.3 Å². The van der Waals surface area contributed by atoms with E-state index in [0.29, 0.717) is 0 Å². The summed E-state index contributed by atoms with van der Waals surface area (Å²) in [6.45, 7) is 5.22. The molecule has 0 radical (unpaired) electrons. The number of hydrogen-bond donors (Lipinski definition) is 1. The van der Waals surface area contributed by atoms with E-state index in [1.54, 1.807) is 6.92 Å². The summed E-state index contributed by atoms with van der Waals surface area (Å²) >= 11 is 0. The van der Waals surface area contributed by atoms with Gasteiger partial charge in [0.15, 0.2) is 5.78 Å². The van der Waals surface area contributed by atoms with Crippen LogP contribution in [0, 0.1) is 5.92 Å². The summed E-state index contributed by atoms with van der Waals surface area (Å²) in [6, 6.07) is 10.3. The van der Waals surface area contributed by atoms with Gasteiger partial charge in [0.2, 0.25) is 5.66 Å². The second-order valence-electron chi connectivity index (χ2n) is 6.77. The molecule has 5 heteroatoms. The molecule has 4 rings (SSSR count). The van der Waals surface area contributed by atoms with Crippen molar-refractivity contribution in [3.05, 3.63) is 30.3 Å². The van der Waals surface area contributed by atoms with E-state index >= 15 is 0 Å². The van der Waals surface area contributed by atoms with Crippen molar-refractivity contribution in [1.29, 1.82) is 0 Å². The van der Waals surface area contributed by atoms with E-state index < -0.39 is 0 Å². The van der Waals surface area contributed by atoms with E-state index in [2.05, 4.69) is 17.1 Å². The number of benzene rings is 1. The molecule has 2 atom stereocenters. The van der Waals surface area contributed by atoms with Gasteiger partial charge in [-0.1, -0.05) is 18.2 Å². The average molecular weight is 314 g/mol. The van der Waals surface area contributed by atoms with Gasteiger partial charge in [-0.2, -0.15) is 5.10 Å². The second-order valence-corrected chi connectivity index (χ2v) is 6.77. The number of nitrogens with one attached hydrogen (secondary N) is 1. The molecule has 5 nitrogen and oxygen atoms in total. The number of hydrazone groups is 1. The van der Waals surface area contributed by atoms with Crippen LogP contribution in [0.25, 0.3) is 0 Å². The minimum absolute atomic E-state index is 0.105. The fourth-order valence-electron chi connectivity index (χ4n) is 4.67. The minimum Gasteiger partial charge on any atom is -0.370 e. The highest BCUT2D eigenvalue weighted by Crippen LogP contribution is 2.44. The quantitative estimate of drug-likeness (QED) is 0.900. The van der Waals surface area contributed by atoms with Crippen molar-refractivity contribution in [1.82, 2.24) is 0 Å². The number of nitrogens with zero attached hydrogens (tertiary/aromatic N) is 2. The molecule has 122 valence electrons. The summed E-state index contributed by atoms with van der Waals surface area (Å²) in [4.78, 5) is 13.7. The maximum atomic E-state index is 12.2. The Morgan fingerprint density at radius 2 is 2.04 bits per heavy atom. The van der Waals surface area contributed by atoms with Gasteiger partial charge in [-0.25, -0.2) is 5.01 Å². The molecular weight excluding hydrogens is 290 g/mol. The highest BCUT2D eigenvalue weighted by molar-refractivity contribution is 6.40. The summed E-state index contributed by atoms with van der Waals surface area (Å²) in [7, 11) is 0. The first-order valence-electron chi connectivity index (χ1n) is 8.61. The van der Waals surface area contributed by atoms with Crippen LogP contribution in [-0.2, 0) is 9.53 Å². The van der Waals surface area contributed by atoms with Crippen molar-refractivity contribution in [2.24, 2.45) is 11.0 Å². The van der Waals surface area contributed by atoms with Crippen LogP contribution < -0.4 is 9.91 Å². The van der Waals surface area contributed by atoms with Gasteiger partial charge < -0.3 is 9.64 Å². The highest BCUT2D eigenvalue weighted by atomic mass is 16.5. The topological polar surface area (TPSA) is 46.3 Å². The Balaban J connectivity index is 1.81. The largest absolute Gasteiger partial charge is 0.370 e. The SMILES string of the molecule is CC(=O)C1=NN(c2ccccc2)[C@]2([NH+]3CCOCC3)CCC[C@H]12. The predicted octanol–water partition coefficient (Wildman–Crippen LogP) is 0.863. The molecule has 0 bridgehead atoms. The summed E-state index contributed by atoms with van der Waals surface area (Å²) in [5.74, 6) is 0.362. The van der Waals surface area contributed by atoms with Crippen LogP contribution in [-0.4, -0.2) is 43.5 Å². The van der Waals surface area contributed by atoms with Crippen molar-refractivity contribution in [3.63, 3.8) is 0 Å². The third kappa shape index (κ3) is 2.22. The summed E-state index contributed by atoms with van der Waals surface area (Å²) in [6.07, 6.45) is 3.30. The van der Waals surface area contributed by atoms with Gasteiger partial charge in [-0.15, -0.1) is 0 Å². The zero-order valence-electron chi connectivity index (χ0n) is 13.6. The number of Topliss-reactive ketones (excluding diaryl/α,β-unsaturated/α-hetero) is 1. The maximum Gasteiger partial charge on any atom is 0.201 e. The lowest BCUT2D eigenvalue weighted by Gasteiger charge is -2.44. The molecule has 0 aromatic heterocycles. The molecule has 23 heavy (non-hydrogen) atoms. The third-order valence-electron chi connectivity index (χ3n) is 5.61. The molecule has 0 spiro atoms. The zero-order chi connectivity index (χ0) is 15.9. The van der Waals surface area contributed by atoms with Gasteiger partial charge in [0.05, 0.1) is 24.8 Å². The van der Waals surface area contributed by atoms with Crippen LogP contribution in [0.4, 0.5) is 5.69 Å². The Labute approximate surface area is 136 Å². The fraction of sp³-hybridized carbons (Fsp3) is 0.556. The van der Waals surface area contributed by atoms with Crippen LogP contribution in [0.1, 0.15) is 26.2 Å². The van der Waals surface area contributed by atoms with E-state index in [1.165, 1.54) is 4.90 Å². The zero-order valence-corrected chi connectivity index (χ0v) is 13.6. The molecule has 0 unspecified atom stereocenters. The lowest BCUT2D eigenvalue weighted by molar-refractivity contribution is -0.960. The van der Waals surface area contributed by atoms with Crippen LogP contribution in [0.2, 0.25) is 0 Å². The average Bonchev–Trinajstić information content (AvgIpc) is 3.14. The van der Waals surface area contributed by atoms with Crippen LogP contribution >= 0.6 is 0 Å². The number of carbonyl (C=O) groups is 1. The lowest BCUT2D eigenvalue weighted by atomic mass is 9.88. The van der Waals surface area contributed by atoms with Crippen molar-refractivity contribution >= 4 is 17.2 Å². The number of fused-ring (bicyclic) bond motifs is 1. The molecular formula is C18H24N3O2+. The number of morpholine rings is 1. The monoisotopic (exact) mass is 314 g/mol. The Hall–Kier alpha value is -1.72. The summed E-state index contributed by atoms with van der Waals surface area (Å²) in [5.41, 5.74) is 1.76. The second kappa shape index (κ2) is 5.73. The Morgan fingerprint density at radius 3 is 2.74 bits per heavy atom. The molecule has 2 aliphatic heterocycles. The van der Waals surface area contributed by atoms with Crippen molar-refractivity contribution in [2.75, 3.05) is 31.3 Å². The van der Waals surface area contributed by atoms with Crippen LogP contribution in [0.3, 0.4) is 0 Å². The molecule has 1 saturated carbocycles. The maximum absolute atomic E-state index is 12.2. The number of ether oxygens (including phenoxy) is 1. The third-order valence-corrected chi connectivity index (χ3v) is 5.61. The number of carbonyl (C=O) groups excluding carboxylic acids is 1. The number of para-hydroxylation sites is 1. The van der Waals surface area contributed by atoms with Gasteiger partial charge in [0.1, 0.15) is 18.8 Å². The molecule has 1 N–H and O–H groups in total. The van der Waals surface area contributed by atoms with Gasteiger partial charge in [0.25, 0.3) is 0 Å². The normalized spacial score (nSPS) is 31.1. The number of anilines is 1. The molecule has 0 amide bonds. The van der Waals surface area contributed by atoms with E-state index in [0.717, 1.165) is 57.0 Å². The molecule has 2 fully saturated rings. The van der Waals surface area contributed by atoms with E-state index in [4.69, 9.17) is 9.84 Å². The molecule has 1 aromatic rings. The van der Waals surface area contributed by atoms with Gasteiger partial charge in [-0.05, 0) is 25.0 Å².